The first-order valence-corrected chi connectivity index (χ1v) is 10.4. The number of hydrogen-bond acceptors (Lipinski definition) is 6. The molecule has 0 saturated heterocycles. The van der Waals surface area contributed by atoms with E-state index in [1.54, 1.807) is 37.4 Å². The predicted molar refractivity (Wildman–Crippen MR) is 119 cm³/mol. The molecule has 1 N–H and O–H groups in total. The van der Waals surface area contributed by atoms with Crippen molar-refractivity contribution in [3.05, 3.63) is 53.7 Å². The van der Waals surface area contributed by atoms with Gasteiger partial charge in [-0.25, -0.2) is 0 Å². The summed E-state index contributed by atoms with van der Waals surface area (Å²) in [6.07, 6.45) is 1.58. The monoisotopic (exact) mass is 424 g/mol. The summed E-state index contributed by atoms with van der Waals surface area (Å²) in [5.74, 6) is 1.18. The fourth-order valence-corrected chi connectivity index (χ4v) is 3.36. The molecule has 0 unspecified atom stereocenters. The molecular weight excluding hydrogens is 396 g/mol. The largest absolute Gasteiger partial charge is 0.497 e. The van der Waals surface area contributed by atoms with Gasteiger partial charge < -0.3 is 19.5 Å². The molecule has 2 aromatic rings. The van der Waals surface area contributed by atoms with Gasteiger partial charge in [-0.05, 0) is 42.7 Å². The van der Waals surface area contributed by atoms with Crippen LogP contribution in [0.4, 0.5) is 5.69 Å². The minimum absolute atomic E-state index is 0.226. The molecule has 1 aliphatic rings. The first-order chi connectivity index (χ1) is 15.0. The highest BCUT2D eigenvalue weighted by Crippen LogP contribution is 2.35. The molecule has 0 aromatic heterocycles. The average molecular weight is 424 g/mol. The predicted octanol–water partition coefficient (Wildman–Crippen LogP) is 4.09. The van der Waals surface area contributed by atoms with Gasteiger partial charge in [-0.3, -0.25) is 14.5 Å². The summed E-state index contributed by atoms with van der Waals surface area (Å²) >= 11 is 0. The molecule has 0 spiro atoms. The summed E-state index contributed by atoms with van der Waals surface area (Å²) in [4.78, 5) is 27.5. The van der Waals surface area contributed by atoms with Crippen LogP contribution in [0.5, 0.6) is 17.2 Å². The molecule has 0 atom stereocenters. The van der Waals surface area contributed by atoms with Crippen LogP contribution in [0.2, 0.25) is 0 Å². The highest BCUT2D eigenvalue weighted by atomic mass is 16.5. The van der Waals surface area contributed by atoms with Crippen LogP contribution in [0.15, 0.2) is 48.2 Å². The van der Waals surface area contributed by atoms with Crippen molar-refractivity contribution < 1.29 is 23.8 Å². The number of carbonyl (C=O) groups is 2. The number of nitrogens with one attached hydrogen (secondary N) is 1. The van der Waals surface area contributed by atoms with E-state index in [2.05, 4.69) is 5.32 Å². The van der Waals surface area contributed by atoms with Gasteiger partial charge in [0.2, 0.25) is 0 Å². The van der Waals surface area contributed by atoms with Crippen LogP contribution < -0.4 is 19.5 Å². The quantitative estimate of drug-likeness (QED) is 0.579. The summed E-state index contributed by atoms with van der Waals surface area (Å²) < 4.78 is 16.3. The third-order valence-corrected chi connectivity index (χ3v) is 4.90. The van der Waals surface area contributed by atoms with E-state index in [0.717, 1.165) is 12.2 Å². The van der Waals surface area contributed by atoms with Gasteiger partial charge in [-0.1, -0.05) is 26.0 Å². The van der Waals surface area contributed by atoms with Crippen molar-refractivity contribution in [2.75, 3.05) is 32.7 Å². The molecule has 0 fully saturated rings. The lowest BCUT2D eigenvalue weighted by atomic mass is 10.0. The Kier molecular flexibility index (Phi) is 7.18. The maximum Gasteiger partial charge on any atom is 0.278 e. The van der Waals surface area contributed by atoms with Gasteiger partial charge in [-0.2, -0.15) is 0 Å². The van der Waals surface area contributed by atoms with Crippen molar-refractivity contribution >= 4 is 23.1 Å². The van der Waals surface area contributed by atoms with Gasteiger partial charge in [0, 0.05) is 12.6 Å². The Balaban J connectivity index is 2.02. The molecule has 0 radical (unpaired) electrons. The Morgan fingerprint density at radius 2 is 1.58 bits per heavy atom. The smallest absolute Gasteiger partial charge is 0.278 e. The topological polar surface area (TPSA) is 77.1 Å². The van der Waals surface area contributed by atoms with Crippen molar-refractivity contribution in [2.24, 2.45) is 0 Å². The van der Waals surface area contributed by atoms with E-state index in [0.29, 0.717) is 47.9 Å². The lowest BCUT2D eigenvalue weighted by Gasteiger charge is -2.15. The molecule has 2 aromatic carbocycles. The Labute approximate surface area is 182 Å². The maximum atomic E-state index is 13.1. The van der Waals surface area contributed by atoms with E-state index in [-0.39, 0.29) is 17.5 Å². The lowest BCUT2D eigenvalue weighted by molar-refractivity contribution is -0.136. The van der Waals surface area contributed by atoms with Crippen LogP contribution in [0.1, 0.15) is 32.3 Å². The molecule has 0 aliphatic carbocycles. The normalized spacial score (nSPS) is 13.6. The number of hydrogen-bond donors (Lipinski definition) is 1. The number of methoxy groups -OCH3 is 2. The highest BCUT2D eigenvalue weighted by molar-refractivity contribution is 6.36. The Bertz CT molecular complexity index is 982. The molecule has 164 valence electrons. The van der Waals surface area contributed by atoms with Gasteiger partial charge >= 0.3 is 0 Å². The van der Waals surface area contributed by atoms with Gasteiger partial charge in [0.15, 0.2) is 0 Å². The van der Waals surface area contributed by atoms with Crippen molar-refractivity contribution in [1.29, 1.82) is 0 Å². The minimum Gasteiger partial charge on any atom is -0.497 e. The molecule has 1 heterocycles. The number of imide groups is 1. The number of ether oxygens (including phenoxy) is 3. The first-order valence-electron chi connectivity index (χ1n) is 10.4. The second-order valence-electron chi connectivity index (χ2n) is 7.08. The van der Waals surface area contributed by atoms with Gasteiger partial charge in [0.1, 0.15) is 22.9 Å². The molecule has 7 nitrogen and oxygen atoms in total. The van der Waals surface area contributed by atoms with E-state index in [1.165, 1.54) is 12.0 Å². The summed E-state index contributed by atoms with van der Waals surface area (Å²) in [7, 11) is 3.10. The zero-order valence-corrected chi connectivity index (χ0v) is 18.4. The van der Waals surface area contributed by atoms with E-state index in [4.69, 9.17) is 14.2 Å². The van der Waals surface area contributed by atoms with Gasteiger partial charge in [-0.15, -0.1) is 0 Å². The van der Waals surface area contributed by atoms with E-state index < -0.39 is 0 Å². The van der Waals surface area contributed by atoms with Crippen molar-refractivity contribution in [1.82, 2.24) is 4.90 Å². The maximum absolute atomic E-state index is 13.1. The molecule has 1 aliphatic heterocycles. The fraction of sp³-hybridized carbons (Fsp3) is 0.333. The van der Waals surface area contributed by atoms with Gasteiger partial charge in [0.05, 0.1) is 32.1 Å². The molecule has 2 amide bonds. The number of anilines is 1. The zero-order valence-electron chi connectivity index (χ0n) is 18.4. The standard InChI is InChI=1S/C24H28N2O5/c1-5-13-26-23(27)21(16-7-9-17(10-8-16)31-14-6-2)22(24(26)28)25-19-12-11-18(29-3)15-20(19)30-4/h7-12,15,25H,5-6,13-14H2,1-4H3. The number of benzene rings is 2. The number of carbonyl (C=O) groups excluding carboxylic acids is 2. The average Bonchev–Trinajstić information content (AvgIpc) is 3.02. The van der Waals surface area contributed by atoms with Crippen LogP contribution in [0.3, 0.4) is 0 Å². The van der Waals surface area contributed by atoms with Gasteiger partial charge in [0.25, 0.3) is 11.8 Å². The minimum atomic E-state index is -0.356. The molecule has 0 bridgehead atoms. The second-order valence-corrected chi connectivity index (χ2v) is 7.08. The number of nitrogens with zero attached hydrogens (tertiary/aromatic N) is 1. The third-order valence-electron chi connectivity index (χ3n) is 4.90. The molecule has 0 saturated carbocycles. The molecule has 3 rings (SSSR count). The van der Waals surface area contributed by atoms with E-state index in [9.17, 15) is 9.59 Å². The van der Waals surface area contributed by atoms with Crippen LogP contribution in [-0.4, -0.2) is 44.1 Å². The molecular formula is C24H28N2O5. The van der Waals surface area contributed by atoms with Crippen LogP contribution in [-0.2, 0) is 9.59 Å². The van der Waals surface area contributed by atoms with Crippen molar-refractivity contribution in [2.45, 2.75) is 26.7 Å². The Morgan fingerprint density at radius 3 is 2.19 bits per heavy atom. The number of amides is 2. The SMILES string of the molecule is CCCOc1ccc(C2=C(Nc3ccc(OC)cc3OC)C(=O)N(CCC)C2=O)cc1. The first kappa shape index (κ1) is 22.2. The molecule has 7 heteroatoms. The van der Waals surface area contributed by atoms with Crippen molar-refractivity contribution in [3.8, 4) is 17.2 Å². The second kappa shape index (κ2) is 10.0. The van der Waals surface area contributed by atoms with Crippen LogP contribution >= 0.6 is 0 Å². The van der Waals surface area contributed by atoms with Crippen LogP contribution in [0.25, 0.3) is 5.57 Å². The lowest BCUT2D eigenvalue weighted by Crippen LogP contribution is -2.33. The summed E-state index contributed by atoms with van der Waals surface area (Å²) in [5.41, 5.74) is 1.77. The third kappa shape index (κ3) is 4.66. The number of rotatable bonds is 10. The van der Waals surface area contributed by atoms with Crippen LogP contribution in [0, 0.1) is 0 Å². The fourth-order valence-electron chi connectivity index (χ4n) is 3.36. The Morgan fingerprint density at radius 1 is 0.871 bits per heavy atom. The summed E-state index contributed by atoms with van der Waals surface area (Å²) in [6.45, 7) is 4.94. The van der Waals surface area contributed by atoms with Crippen molar-refractivity contribution in [3.63, 3.8) is 0 Å². The van der Waals surface area contributed by atoms with E-state index in [1.807, 2.05) is 26.0 Å². The summed E-state index contributed by atoms with van der Waals surface area (Å²) in [6, 6.07) is 12.4. The highest BCUT2D eigenvalue weighted by Gasteiger charge is 2.39. The molecule has 31 heavy (non-hydrogen) atoms. The summed E-state index contributed by atoms with van der Waals surface area (Å²) in [5, 5.41) is 3.13. The van der Waals surface area contributed by atoms with E-state index >= 15 is 0 Å². The zero-order chi connectivity index (χ0) is 22.4. The Hall–Kier alpha value is -3.48.